The number of nitrogens with two attached hydrogens (primary N) is 1. The maximum Gasteiger partial charge on any atom is 0.0950 e. The Morgan fingerprint density at radius 2 is 2.33 bits per heavy atom. The summed E-state index contributed by atoms with van der Waals surface area (Å²) in [6.07, 6.45) is 8.20. The summed E-state index contributed by atoms with van der Waals surface area (Å²) in [5, 5.41) is 0. The van der Waals surface area contributed by atoms with Crippen molar-refractivity contribution in [2.24, 2.45) is 5.73 Å². The number of hydrogen-bond donors (Lipinski definition) is 1. The molecule has 1 rings (SSSR count). The maximum atomic E-state index is 5.92. The standard InChI is InChI=1S/C10H17NO/c1-2-3-4-5-10(11)9-6-7-12-8-9/h6-8,10H,2-5,11H2,1H3. The minimum Gasteiger partial charge on any atom is -0.472 e. The Morgan fingerprint density at radius 3 is 2.92 bits per heavy atom. The van der Waals surface area contributed by atoms with E-state index in [0.29, 0.717) is 0 Å². The van der Waals surface area contributed by atoms with Crippen molar-refractivity contribution < 1.29 is 4.42 Å². The summed E-state index contributed by atoms with van der Waals surface area (Å²) in [6.45, 7) is 2.20. The highest BCUT2D eigenvalue weighted by Gasteiger charge is 2.05. The van der Waals surface area contributed by atoms with Crippen molar-refractivity contribution in [2.45, 2.75) is 38.6 Å². The second-order valence-electron chi connectivity index (χ2n) is 3.16. The van der Waals surface area contributed by atoms with Gasteiger partial charge in [-0.3, -0.25) is 0 Å². The van der Waals surface area contributed by atoms with Crippen LogP contribution in [-0.4, -0.2) is 0 Å². The molecule has 12 heavy (non-hydrogen) atoms. The Bertz CT molecular complexity index is 194. The van der Waals surface area contributed by atoms with Gasteiger partial charge in [-0.25, -0.2) is 0 Å². The predicted octanol–water partition coefficient (Wildman–Crippen LogP) is 2.86. The van der Waals surface area contributed by atoms with Gasteiger partial charge in [0, 0.05) is 11.6 Å². The zero-order valence-electron chi connectivity index (χ0n) is 7.62. The van der Waals surface area contributed by atoms with Crippen LogP contribution in [0.5, 0.6) is 0 Å². The van der Waals surface area contributed by atoms with E-state index in [1.165, 1.54) is 19.3 Å². The SMILES string of the molecule is CCCCCC(N)c1ccoc1. The predicted molar refractivity (Wildman–Crippen MR) is 49.8 cm³/mol. The summed E-state index contributed by atoms with van der Waals surface area (Å²) in [7, 11) is 0. The lowest BCUT2D eigenvalue weighted by atomic mass is 10.0. The smallest absolute Gasteiger partial charge is 0.0950 e. The Kier molecular flexibility index (Phi) is 3.88. The van der Waals surface area contributed by atoms with Crippen molar-refractivity contribution >= 4 is 0 Å². The van der Waals surface area contributed by atoms with Crippen molar-refractivity contribution in [1.82, 2.24) is 0 Å². The molecule has 0 bridgehead atoms. The van der Waals surface area contributed by atoms with Crippen molar-refractivity contribution in [1.29, 1.82) is 0 Å². The molecule has 0 aromatic carbocycles. The molecule has 1 atom stereocenters. The lowest BCUT2D eigenvalue weighted by Gasteiger charge is -2.07. The third-order valence-electron chi connectivity index (χ3n) is 2.09. The zero-order valence-corrected chi connectivity index (χ0v) is 7.62. The van der Waals surface area contributed by atoms with Gasteiger partial charge < -0.3 is 10.2 Å². The first-order valence-corrected chi connectivity index (χ1v) is 4.62. The Hall–Kier alpha value is -0.760. The summed E-state index contributed by atoms with van der Waals surface area (Å²) in [6, 6.07) is 2.10. The summed E-state index contributed by atoms with van der Waals surface area (Å²) in [5.74, 6) is 0. The van der Waals surface area contributed by atoms with Crippen molar-refractivity contribution in [3.05, 3.63) is 24.2 Å². The molecule has 1 aromatic rings. The Morgan fingerprint density at radius 1 is 1.50 bits per heavy atom. The van der Waals surface area contributed by atoms with Gasteiger partial charge >= 0.3 is 0 Å². The fourth-order valence-electron chi connectivity index (χ4n) is 1.27. The highest BCUT2D eigenvalue weighted by molar-refractivity contribution is 5.10. The fourth-order valence-corrected chi connectivity index (χ4v) is 1.27. The largest absolute Gasteiger partial charge is 0.472 e. The van der Waals surface area contributed by atoms with E-state index in [1.54, 1.807) is 12.5 Å². The normalized spacial score (nSPS) is 13.2. The minimum absolute atomic E-state index is 0.162. The van der Waals surface area contributed by atoms with Gasteiger partial charge in [0.25, 0.3) is 0 Å². The van der Waals surface area contributed by atoms with E-state index in [4.69, 9.17) is 10.2 Å². The molecule has 2 N–H and O–H groups in total. The number of rotatable bonds is 5. The number of unbranched alkanes of at least 4 members (excludes halogenated alkanes) is 2. The van der Waals surface area contributed by atoms with Gasteiger partial charge in [0.2, 0.25) is 0 Å². The molecule has 0 amide bonds. The monoisotopic (exact) mass is 167 g/mol. The van der Waals surface area contributed by atoms with Crippen LogP contribution >= 0.6 is 0 Å². The molecule has 1 heterocycles. The van der Waals surface area contributed by atoms with Gasteiger partial charge in [-0.15, -0.1) is 0 Å². The lowest BCUT2D eigenvalue weighted by molar-refractivity contribution is 0.544. The minimum atomic E-state index is 0.162. The van der Waals surface area contributed by atoms with E-state index in [2.05, 4.69) is 6.92 Å². The van der Waals surface area contributed by atoms with Crippen LogP contribution in [0.2, 0.25) is 0 Å². The van der Waals surface area contributed by atoms with Crippen LogP contribution in [-0.2, 0) is 0 Å². The van der Waals surface area contributed by atoms with Crippen LogP contribution in [0.15, 0.2) is 23.0 Å². The van der Waals surface area contributed by atoms with Crippen molar-refractivity contribution in [3.63, 3.8) is 0 Å². The molecule has 2 heteroatoms. The molecule has 0 saturated carbocycles. The summed E-state index contributed by atoms with van der Waals surface area (Å²) in [4.78, 5) is 0. The number of hydrogen-bond acceptors (Lipinski definition) is 2. The van der Waals surface area contributed by atoms with Gasteiger partial charge in [0.15, 0.2) is 0 Å². The first-order chi connectivity index (χ1) is 5.84. The molecule has 1 aromatic heterocycles. The first kappa shape index (κ1) is 9.33. The third kappa shape index (κ3) is 2.70. The molecule has 1 unspecified atom stereocenters. The zero-order chi connectivity index (χ0) is 8.81. The topological polar surface area (TPSA) is 39.2 Å². The van der Waals surface area contributed by atoms with E-state index >= 15 is 0 Å². The number of furan rings is 1. The van der Waals surface area contributed by atoms with Crippen molar-refractivity contribution in [2.75, 3.05) is 0 Å². The molecular weight excluding hydrogens is 150 g/mol. The van der Waals surface area contributed by atoms with Crippen LogP contribution in [0.1, 0.15) is 44.2 Å². The average molecular weight is 167 g/mol. The van der Waals surface area contributed by atoms with Crippen LogP contribution < -0.4 is 5.73 Å². The van der Waals surface area contributed by atoms with E-state index in [0.717, 1.165) is 12.0 Å². The molecule has 0 aliphatic rings. The maximum absolute atomic E-state index is 5.92. The van der Waals surface area contributed by atoms with Crippen LogP contribution in [0, 0.1) is 0 Å². The van der Waals surface area contributed by atoms with Gasteiger partial charge in [-0.2, -0.15) is 0 Å². The van der Waals surface area contributed by atoms with Crippen molar-refractivity contribution in [3.8, 4) is 0 Å². The molecule has 2 nitrogen and oxygen atoms in total. The van der Waals surface area contributed by atoms with Gasteiger partial charge in [0.1, 0.15) is 0 Å². The molecule has 0 aliphatic heterocycles. The summed E-state index contributed by atoms with van der Waals surface area (Å²) >= 11 is 0. The Balaban J connectivity index is 2.25. The second-order valence-corrected chi connectivity index (χ2v) is 3.16. The van der Waals surface area contributed by atoms with Crippen LogP contribution in [0.4, 0.5) is 0 Å². The fraction of sp³-hybridized carbons (Fsp3) is 0.600. The molecule has 0 fully saturated rings. The highest BCUT2D eigenvalue weighted by atomic mass is 16.3. The quantitative estimate of drug-likeness (QED) is 0.685. The molecule has 0 aliphatic carbocycles. The summed E-state index contributed by atoms with van der Waals surface area (Å²) in [5.41, 5.74) is 7.04. The molecular formula is C10H17NO. The van der Waals surface area contributed by atoms with Crippen LogP contribution in [0.25, 0.3) is 0 Å². The Labute approximate surface area is 73.8 Å². The van der Waals surface area contributed by atoms with Gasteiger partial charge in [0.05, 0.1) is 12.5 Å². The molecule has 68 valence electrons. The van der Waals surface area contributed by atoms with Gasteiger partial charge in [-0.05, 0) is 12.5 Å². The summed E-state index contributed by atoms with van der Waals surface area (Å²) < 4.78 is 4.96. The first-order valence-electron chi connectivity index (χ1n) is 4.62. The molecule has 0 saturated heterocycles. The van der Waals surface area contributed by atoms with E-state index in [9.17, 15) is 0 Å². The van der Waals surface area contributed by atoms with E-state index in [-0.39, 0.29) is 6.04 Å². The highest BCUT2D eigenvalue weighted by Crippen LogP contribution is 2.17. The second kappa shape index (κ2) is 4.99. The van der Waals surface area contributed by atoms with E-state index in [1.807, 2.05) is 6.07 Å². The molecule has 0 radical (unpaired) electrons. The van der Waals surface area contributed by atoms with E-state index < -0.39 is 0 Å². The van der Waals surface area contributed by atoms with Crippen LogP contribution in [0.3, 0.4) is 0 Å². The average Bonchev–Trinajstić information content (AvgIpc) is 2.56. The van der Waals surface area contributed by atoms with Gasteiger partial charge in [-0.1, -0.05) is 26.2 Å². The molecule has 0 spiro atoms. The third-order valence-corrected chi connectivity index (χ3v) is 2.09. The lowest BCUT2D eigenvalue weighted by Crippen LogP contribution is -2.08.